The number of ether oxygens (including phenoxy) is 1. The summed E-state index contributed by atoms with van der Waals surface area (Å²) in [7, 11) is 1.67. The van der Waals surface area contributed by atoms with Gasteiger partial charge in [0.05, 0.1) is 13.2 Å². The van der Waals surface area contributed by atoms with Crippen molar-refractivity contribution in [3.8, 4) is 5.75 Å². The highest BCUT2D eigenvalue weighted by Crippen LogP contribution is 2.38. The quantitative estimate of drug-likeness (QED) is 0.885. The largest absolute Gasteiger partial charge is 0.496 e. The molecule has 0 saturated carbocycles. The molecule has 0 bridgehead atoms. The van der Waals surface area contributed by atoms with E-state index in [2.05, 4.69) is 17.9 Å². The molecule has 1 heterocycles. The second kappa shape index (κ2) is 6.98. The van der Waals surface area contributed by atoms with Gasteiger partial charge in [-0.1, -0.05) is 19.4 Å². The molecule has 1 aliphatic heterocycles. The average molecular weight is 277 g/mol. The molecule has 1 fully saturated rings. The van der Waals surface area contributed by atoms with Crippen LogP contribution in [-0.2, 0) is 0 Å². The Bertz CT molecular complexity index is 429. The Balaban J connectivity index is 2.39. The van der Waals surface area contributed by atoms with Gasteiger partial charge in [0, 0.05) is 23.8 Å². The zero-order chi connectivity index (χ0) is 14.5. The molecule has 0 spiro atoms. The van der Waals surface area contributed by atoms with Crippen molar-refractivity contribution in [2.24, 2.45) is 0 Å². The number of piperidine rings is 1. The van der Waals surface area contributed by atoms with Crippen molar-refractivity contribution in [3.63, 3.8) is 0 Å². The molecular formula is C17H27NO2. The van der Waals surface area contributed by atoms with Gasteiger partial charge in [-0.25, -0.2) is 0 Å². The molecule has 3 heteroatoms. The van der Waals surface area contributed by atoms with E-state index in [0.29, 0.717) is 6.04 Å². The molecule has 1 aliphatic rings. The van der Waals surface area contributed by atoms with Crippen LogP contribution in [0.5, 0.6) is 5.75 Å². The summed E-state index contributed by atoms with van der Waals surface area (Å²) in [6.07, 6.45) is 5.72. The zero-order valence-corrected chi connectivity index (χ0v) is 12.9. The lowest BCUT2D eigenvalue weighted by Crippen LogP contribution is -2.40. The molecule has 0 radical (unpaired) electrons. The van der Waals surface area contributed by atoms with E-state index in [0.717, 1.165) is 23.5 Å². The van der Waals surface area contributed by atoms with Crippen LogP contribution in [-0.4, -0.2) is 24.8 Å². The zero-order valence-electron chi connectivity index (χ0n) is 12.9. The number of nitrogens with zero attached hydrogens (tertiary/aromatic N) is 1. The Hall–Kier alpha value is -1.22. The van der Waals surface area contributed by atoms with Crippen LogP contribution in [0.2, 0.25) is 0 Å². The van der Waals surface area contributed by atoms with Crippen molar-refractivity contribution in [1.29, 1.82) is 0 Å². The van der Waals surface area contributed by atoms with Gasteiger partial charge in [-0.2, -0.15) is 0 Å². The molecule has 20 heavy (non-hydrogen) atoms. The van der Waals surface area contributed by atoms with E-state index in [4.69, 9.17) is 4.74 Å². The van der Waals surface area contributed by atoms with Crippen molar-refractivity contribution in [3.05, 3.63) is 23.8 Å². The molecule has 0 amide bonds. The van der Waals surface area contributed by atoms with E-state index in [1.165, 1.54) is 32.1 Å². The number of methoxy groups -OCH3 is 1. The average Bonchev–Trinajstić information content (AvgIpc) is 2.47. The summed E-state index contributed by atoms with van der Waals surface area (Å²) < 4.78 is 5.45. The fourth-order valence-electron chi connectivity index (χ4n) is 3.33. The second-order valence-corrected chi connectivity index (χ2v) is 5.70. The summed E-state index contributed by atoms with van der Waals surface area (Å²) in [4.78, 5) is 2.48. The van der Waals surface area contributed by atoms with Gasteiger partial charge in [-0.15, -0.1) is 0 Å². The number of hydrogen-bond donors (Lipinski definition) is 1. The van der Waals surface area contributed by atoms with Crippen LogP contribution in [0.4, 0.5) is 5.69 Å². The summed E-state index contributed by atoms with van der Waals surface area (Å²) in [5, 5.41) is 10.2. The van der Waals surface area contributed by atoms with Crippen LogP contribution in [0.15, 0.2) is 18.2 Å². The molecule has 0 aromatic heterocycles. The van der Waals surface area contributed by atoms with Crippen LogP contribution in [0.1, 0.15) is 57.6 Å². The van der Waals surface area contributed by atoms with Crippen molar-refractivity contribution in [2.75, 3.05) is 18.6 Å². The Kier molecular flexibility index (Phi) is 5.30. The third-order valence-corrected chi connectivity index (χ3v) is 4.24. The fourth-order valence-corrected chi connectivity index (χ4v) is 3.33. The Morgan fingerprint density at radius 3 is 2.85 bits per heavy atom. The van der Waals surface area contributed by atoms with Crippen LogP contribution in [0, 0.1) is 0 Å². The minimum absolute atomic E-state index is 0.509. The number of hydrogen-bond acceptors (Lipinski definition) is 3. The Morgan fingerprint density at radius 2 is 2.20 bits per heavy atom. The van der Waals surface area contributed by atoms with Gasteiger partial charge in [0.2, 0.25) is 0 Å². The number of anilines is 1. The van der Waals surface area contributed by atoms with E-state index in [1.54, 1.807) is 7.11 Å². The first-order chi connectivity index (χ1) is 9.69. The summed E-state index contributed by atoms with van der Waals surface area (Å²) in [5.74, 6) is 0.790. The van der Waals surface area contributed by atoms with Gasteiger partial charge in [-0.05, 0) is 44.7 Å². The van der Waals surface area contributed by atoms with E-state index >= 15 is 0 Å². The number of benzene rings is 1. The molecule has 1 aromatic rings. The number of aliphatic hydroxyl groups excluding tert-OH is 1. The maximum Gasteiger partial charge on any atom is 0.126 e. The fraction of sp³-hybridized carbons (Fsp3) is 0.647. The lowest BCUT2D eigenvalue weighted by Gasteiger charge is -2.39. The van der Waals surface area contributed by atoms with E-state index in [1.807, 2.05) is 19.1 Å². The topological polar surface area (TPSA) is 32.7 Å². The third-order valence-electron chi connectivity index (χ3n) is 4.24. The first-order valence-corrected chi connectivity index (χ1v) is 7.80. The first kappa shape index (κ1) is 15.2. The van der Waals surface area contributed by atoms with Crippen molar-refractivity contribution >= 4 is 5.69 Å². The van der Waals surface area contributed by atoms with E-state index in [-0.39, 0.29) is 0 Å². The molecule has 1 N–H and O–H groups in total. The summed E-state index contributed by atoms with van der Waals surface area (Å²) in [5.41, 5.74) is 2.08. The van der Waals surface area contributed by atoms with Gasteiger partial charge < -0.3 is 14.7 Å². The SMILES string of the molecule is CCCC1CCCCN1c1cccc(OC)c1C(C)O. The molecule has 0 aliphatic carbocycles. The third kappa shape index (κ3) is 3.09. The van der Waals surface area contributed by atoms with E-state index < -0.39 is 6.10 Å². The predicted octanol–water partition coefficient (Wildman–Crippen LogP) is 3.91. The van der Waals surface area contributed by atoms with Crippen molar-refractivity contribution < 1.29 is 9.84 Å². The van der Waals surface area contributed by atoms with Crippen molar-refractivity contribution in [1.82, 2.24) is 0 Å². The van der Waals surface area contributed by atoms with Crippen LogP contribution in [0.3, 0.4) is 0 Å². The van der Waals surface area contributed by atoms with Gasteiger partial charge in [0.15, 0.2) is 0 Å². The minimum Gasteiger partial charge on any atom is -0.496 e. The lowest BCUT2D eigenvalue weighted by molar-refractivity contribution is 0.194. The van der Waals surface area contributed by atoms with Gasteiger partial charge in [-0.3, -0.25) is 0 Å². The van der Waals surface area contributed by atoms with Gasteiger partial charge >= 0.3 is 0 Å². The maximum atomic E-state index is 10.2. The number of aliphatic hydroxyl groups is 1. The first-order valence-electron chi connectivity index (χ1n) is 7.80. The smallest absolute Gasteiger partial charge is 0.126 e. The highest BCUT2D eigenvalue weighted by Gasteiger charge is 2.26. The summed E-state index contributed by atoms with van der Waals surface area (Å²) >= 11 is 0. The highest BCUT2D eigenvalue weighted by atomic mass is 16.5. The molecule has 1 aromatic carbocycles. The number of rotatable bonds is 5. The monoisotopic (exact) mass is 277 g/mol. The molecular weight excluding hydrogens is 250 g/mol. The van der Waals surface area contributed by atoms with Gasteiger partial charge in [0.25, 0.3) is 0 Å². The standard InChI is InChI=1S/C17H27NO2/c1-4-8-14-9-5-6-12-18(14)15-10-7-11-16(20-3)17(15)13(2)19/h7,10-11,13-14,19H,4-6,8-9,12H2,1-3H3. The second-order valence-electron chi connectivity index (χ2n) is 5.70. The van der Waals surface area contributed by atoms with Gasteiger partial charge in [0.1, 0.15) is 5.75 Å². The minimum atomic E-state index is -0.509. The molecule has 2 unspecified atom stereocenters. The molecule has 2 atom stereocenters. The highest BCUT2D eigenvalue weighted by molar-refractivity contribution is 5.61. The van der Waals surface area contributed by atoms with Crippen LogP contribution in [0.25, 0.3) is 0 Å². The summed E-state index contributed by atoms with van der Waals surface area (Å²) in [6, 6.07) is 6.68. The summed E-state index contributed by atoms with van der Waals surface area (Å²) in [6.45, 7) is 5.14. The molecule has 3 nitrogen and oxygen atoms in total. The molecule has 2 rings (SSSR count). The predicted molar refractivity (Wildman–Crippen MR) is 83.5 cm³/mol. The molecule has 1 saturated heterocycles. The molecule has 112 valence electrons. The van der Waals surface area contributed by atoms with E-state index in [9.17, 15) is 5.11 Å². The van der Waals surface area contributed by atoms with Crippen LogP contribution < -0.4 is 9.64 Å². The Labute approximate surface area is 122 Å². The van der Waals surface area contributed by atoms with Crippen molar-refractivity contribution in [2.45, 2.75) is 58.1 Å². The maximum absolute atomic E-state index is 10.2. The Morgan fingerprint density at radius 1 is 1.40 bits per heavy atom. The van der Waals surface area contributed by atoms with Crippen LogP contribution >= 0.6 is 0 Å². The lowest BCUT2D eigenvalue weighted by atomic mass is 9.95. The normalized spacial score (nSPS) is 20.8.